The zero-order valence-electron chi connectivity index (χ0n) is 14.9. The van der Waals surface area contributed by atoms with E-state index in [4.69, 9.17) is 4.74 Å². The first-order valence-corrected chi connectivity index (χ1v) is 10.2. The molecular weight excluding hydrogens is 370 g/mol. The van der Waals surface area contributed by atoms with Gasteiger partial charge in [0.05, 0.1) is 6.42 Å². The summed E-state index contributed by atoms with van der Waals surface area (Å²) in [4.78, 5) is 41.4. The normalized spacial score (nSPS) is 13.4. The molecule has 2 aromatic heterocycles. The Kier molecular flexibility index (Phi) is 5.88. The molecule has 138 valence electrons. The van der Waals surface area contributed by atoms with Gasteiger partial charge >= 0.3 is 5.97 Å². The van der Waals surface area contributed by atoms with Crippen LogP contribution in [0.3, 0.4) is 0 Å². The minimum atomic E-state index is -0.510. The molecule has 0 saturated carbocycles. The number of carbonyl (C=O) groups excluding carboxylic acids is 3. The number of ketones is 1. The lowest BCUT2D eigenvalue weighted by Gasteiger charge is -2.26. The second-order valence-electron chi connectivity index (χ2n) is 6.35. The van der Waals surface area contributed by atoms with Crippen LogP contribution >= 0.6 is 22.7 Å². The summed E-state index contributed by atoms with van der Waals surface area (Å²) in [5, 5.41) is 2.03. The summed E-state index contributed by atoms with van der Waals surface area (Å²) in [6.45, 7) is 4.82. The Hall–Kier alpha value is -1.99. The second-order valence-corrected chi connectivity index (χ2v) is 8.81. The number of hydrogen-bond acceptors (Lipinski definition) is 6. The first-order valence-electron chi connectivity index (χ1n) is 8.53. The standard InChI is InChI=1S/C19H21NO4S2/c1-12-9-15(13(2)26-12)16(21)3-4-19(23)24-11-18(22)20-7-5-17-14(10-20)6-8-25-17/h6,8-9H,3-5,7,10-11H2,1-2H3. The van der Waals surface area contributed by atoms with Crippen molar-refractivity contribution in [1.82, 2.24) is 4.90 Å². The molecule has 1 aliphatic heterocycles. The van der Waals surface area contributed by atoms with Gasteiger partial charge in [-0.25, -0.2) is 0 Å². The molecule has 1 aliphatic rings. The first kappa shape index (κ1) is 18.8. The van der Waals surface area contributed by atoms with Crippen LogP contribution in [0.4, 0.5) is 0 Å². The van der Waals surface area contributed by atoms with Gasteiger partial charge in [-0.05, 0) is 43.3 Å². The molecule has 0 unspecified atom stereocenters. The van der Waals surface area contributed by atoms with Crippen molar-refractivity contribution in [3.63, 3.8) is 0 Å². The van der Waals surface area contributed by atoms with Crippen LogP contribution in [0.1, 0.15) is 43.4 Å². The van der Waals surface area contributed by atoms with Crippen molar-refractivity contribution in [3.05, 3.63) is 43.3 Å². The fourth-order valence-electron chi connectivity index (χ4n) is 3.02. The average molecular weight is 392 g/mol. The van der Waals surface area contributed by atoms with Crippen LogP contribution < -0.4 is 0 Å². The molecule has 2 aromatic rings. The van der Waals surface area contributed by atoms with Gasteiger partial charge in [-0.2, -0.15) is 0 Å². The van der Waals surface area contributed by atoms with Crippen molar-refractivity contribution < 1.29 is 19.1 Å². The Balaban J connectivity index is 1.42. The van der Waals surface area contributed by atoms with Gasteiger partial charge in [-0.15, -0.1) is 22.7 Å². The summed E-state index contributed by atoms with van der Waals surface area (Å²) in [7, 11) is 0. The maximum absolute atomic E-state index is 12.2. The van der Waals surface area contributed by atoms with Gasteiger partial charge in [0, 0.05) is 39.7 Å². The largest absolute Gasteiger partial charge is 0.456 e. The van der Waals surface area contributed by atoms with Crippen LogP contribution in [0.25, 0.3) is 0 Å². The van der Waals surface area contributed by atoms with E-state index in [1.165, 1.54) is 10.4 Å². The van der Waals surface area contributed by atoms with Gasteiger partial charge < -0.3 is 9.64 Å². The molecule has 7 heteroatoms. The SMILES string of the molecule is Cc1cc(C(=O)CCC(=O)OCC(=O)N2CCc3sccc3C2)c(C)s1. The number of rotatable bonds is 6. The number of hydrogen-bond donors (Lipinski definition) is 0. The maximum Gasteiger partial charge on any atom is 0.306 e. The number of thiophene rings is 2. The molecule has 0 spiro atoms. The molecule has 1 amide bonds. The highest BCUT2D eigenvalue weighted by Crippen LogP contribution is 2.24. The van der Waals surface area contributed by atoms with Crippen LogP contribution in [-0.2, 0) is 27.3 Å². The van der Waals surface area contributed by atoms with E-state index >= 15 is 0 Å². The van der Waals surface area contributed by atoms with E-state index < -0.39 is 5.97 Å². The summed E-state index contributed by atoms with van der Waals surface area (Å²) in [5.41, 5.74) is 1.85. The predicted octanol–water partition coefficient (Wildman–Crippen LogP) is 3.52. The molecule has 0 fully saturated rings. The van der Waals surface area contributed by atoms with Crippen molar-refractivity contribution in [1.29, 1.82) is 0 Å². The second kappa shape index (κ2) is 8.14. The Morgan fingerprint density at radius 2 is 2.04 bits per heavy atom. The minimum Gasteiger partial charge on any atom is -0.456 e. The van der Waals surface area contributed by atoms with Crippen LogP contribution in [0.2, 0.25) is 0 Å². The lowest BCUT2D eigenvalue weighted by molar-refractivity contribution is -0.152. The highest BCUT2D eigenvalue weighted by atomic mass is 32.1. The molecule has 0 aromatic carbocycles. The highest BCUT2D eigenvalue weighted by molar-refractivity contribution is 7.12. The maximum atomic E-state index is 12.2. The predicted molar refractivity (Wildman–Crippen MR) is 102 cm³/mol. The summed E-state index contributed by atoms with van der Waals surface area (Å²) in [5.74, 6) is -0.758. The number of aryl methyl sites for hydroxylation is 2. The molecular formula is C19H21NO4S2. The van der Waals surface area contributed by atoms with Crippen molar-refractivity contribution >= 4 is 40.3 Å². The Bertz CT molecular complexity index is 836. The van der Waals surface area contributed by atoms with E-state index in [1.54, 1.807) is 27.6 Å². The lowest BCUT2D eigenvalue weighted by Crippen LogP contribution is -2.38. The molecule has 0 atom stereocenters. The van der Waals surface area contributed by atoms with E-state index in [9.17, 15) is 14.4 Å². The number of nitrogens with zero attached hydrogens (tertiary/aromatic N) is 1. The van der Waals surface area contributed by atoms with Crippen molar-refractivity contribution in [2.45, 2.75) is 39.7 Å². The summed E-state index contributed by atoms with van der Waals surface area (Å²) in [6.07, 6.45) is 0.946. The third-order valence-electron chi connectivity index (χ3n) is 4.41. The molecule has 0 bridgehead atoms. The molecule has 0 aliphatic carbocycles. The molecule has 5 nitrogen and oxygen atoms in total. The van der Waals surface area contributed by atoms with Gasteiger partial charge in [0.1, 0.15) is 0 Å². The molecule has 0 radical (unpaired) electrons. The van der Waals surface area contributed by atoms with Crippen LogP contribution in [0.5, 0.6) is 0 Å². The fourth-order valence-corrected chi connectivity index (χ4v) is 4.86. The quantitative estimate of drug-likeness (QED) is 0.558. The van der Waals surface area contributed by atoms with Crippen molar-refractivity contribution in [3.8, 4) is 0 Å². The van der Waals surface area contributed by atoms with Crippen LogP contribution in [0.15, 0.2) is 17.5 Å². The van der Waals surface area contributed by atoms with Crippen molar-refractivity contribution in [2.75, 3.05) is 13.2 Å². The van der Waals surface area contributed by atoms with Crippen LogP contribution in [-0.4, -0.2) is 35.7 Å². The summed E-state index contributed by atoms with van der Waals surface area (Å²) >= 11 is 3.28. The smallest absolute Gasteiger partial charge is 0.306 e. The van der Waals surface area contributed by atoms with E-state index in [0.29, 0.717) is 18.7 Å². The number of carbonyl (C=O) groups is 3. The molecule has 3 heterocycles. The minimum absolute atomic E-state index is 0.00483. The summed E-state index contributed by atoms with van der Waals surface area (Å²) in [6, 6.07) is 3.89. The number of amides is 1. The molecule has 0 saturated heterocycles. The number of fused-ring (bicyclic) bond motifs is 1. The van der Waals surface area contributed by atoms with Gasteiger partial charge in [-0.3, -0.25) is 14.4 Å². The van der Waals surface area contributed by atoms with E-state index in [-0.39, 0.29) is 31.1 Å². The van der Waals surface area contributed by atoms with Gasteiger partial charge in [0.15, 0.2) is 12.4 Å². The first-order chi connectivity index (χ1) is 12.4. The Labute approximate surface area is 160 Å². The third kappa shape index (κ3) is 4.40. The van der Waals surface area contributed by atoms with Crippen molar-refractivity contribution in [2.24, 2.45) is 0 Å². The van der Waals surface area contributed by atoms with E-state index in [1.807, 2.05) is 31.4 Å². The zero-order chi connectivity index (χ0) is 18.7. The topological polar surface area (TPSA) is 63.7 Å². The average Bonchev–Trinajstić information content (AvgIpc) is 3.22. The fraction of sp³-hybridized carbons (Fsp3) is 0.421. The number of Topliss-reactive ketones (excluding diaryl/α,β-unsaturated/α-hetero) is 1. The van der Waals surface area contributed by atoms with Crippen LogP contribution in [0, 0.1) is 13.8 Å². The number of esters is 1. The highest BCUT2D eigenvalue weighted by Gasteiger charge is 2.22. The molecule has 26 heavy (non-hydrogen) atoms. The van der Waals surface area contributed by atoms with Gasteiger partial charge in [0.2, 0.25) is 0 Å². The summed E-state index contributed by atoms with van der Waals surface area (Å²) < 4.78 is 5.07. The van der Waals surface area contributed by atoms with Gasteiger partial charge in [-0.1, -0.05) is 0 Å². The zero-order valence-corrected chi connectivity index (χ0v) is 16.5. The number of ether oxygens (including phenoxy) is 1. The molecule has 0 N–H and O–H groups in total. The van der Waals surface area contributed by atoms with Gasteiger partial charge in [0.25, 0.3) is 5.91 Å². The Morgan fingerprint density at radius 3 is 2.77 bits per heavy atom. The third-order valence-corrected chi connectivity index (χ3v) is 6.40. The van der Waals surface area contributed by atoms with E-state index in [0.717, 1.165) is 16.2 Å². The Morgan fingerprint density at radius 1 is 1.23 bits per heavy atom. The monoisotopic (exact) mass is 391 g/mol. The lowest BCUT2D eigenvalue weighted by atomic mass is 10.1. The molecule has 3 rings (SSSR count). The van der Waals surface area contributed by atoms with E-state index in [2.05, 4.69) is 0 Å².